The fraction of sp³-hybridized carbons (Fsp3) is 0.750. The van der Waals surface area contributed by atoms with Crippen molar-refractivity contribution in [3.8, 4) is 0 Å². The molecule has 1 fully saturated rings. The van der Waals surface area contributed by atoms with E-state index in [0.717, 1.165) is 37.3 Å². The van der Waals surface area contributed by atoms with E-state index in [9.17, 15) is 4.79 Å². The van der Waals surface area contributed by atoms with E-state index in [-0.39, 0.29) is 23.9 Å². The second kappa shape index (κ2) is 7.74. The number of carbonyl (C=O) groups is 1. The smallest absolute Gasteiger partial charge is 0.240 e. The zero-order valence-electron chi connectivity index (χ0n) is 14.1. The molecule has 1 amide bonds. The standard InChI is InChI=1S/C16H28N4O2/c1-5-12-9-17-15(19-12)13-7-6-8-20(13)16(21)14(11(2)3)18-10-22-4/h9,11,13-14,18H,5-8,10H2,1-4H3,(H,17,19). The van der Waals surface area contributed by atoms with Gasteiger partial charge in [-0.1, -0.05) is 20.8 Å². The molecule has 6 nitrogen and oxygen atoms in total. The van der Waals surface area contributed by atoms with Gasteiger partial charge in [-0.25, -0.2) is 4.98 Å². The largest absolute Gasteiger partial charge is 0.370 e. The highest BCUT2D eigenvalue weighted by Gasteiger charge is 2.36. The minimum Gasteiger partial charge on any atom is -0.370 e. The van der Waals surface area contributed by atoms with Crippen LogP contribution in [0.5, 0.6) is 0 Å². The van der Waals surface area contributed by atoms with Crippen LogP contribution in [0.2, 0.25) is 0 Å². The molecule has 0 bridgehead atoms. The molecule has 1 aliphatic rings. The fourth-order valence-corrected chi connectivity index (χ4v) is 3.00. The summed E-state index contributed by atoms with van der Waals surface area (Å²) in [6.07, 6.45) is 4.79. The molecule has 0 radical (unpaired) electrons. The fourth-order valence-electron chi connectivity index (χ4n) is 3.00. The molecule has 1 aliphatic heterocycles. The van der Waals surface area contributed by atoms with E-state index in [2.05, 4.69) is 36.1 Å². The molecule has 2 atom stereocenters. The average Bonchev–Trinajstić information content (AvgIpc) is 3.15. The molecule has 6 heteroatoms. The number of methoxy groups -OCH3 is 1. The second-order valence-corrected chi connectivity index (χ2v) is 6.20. The van der Waals surface area contributed by atoms with Crippen LogP contribution in [0.3, 0.4) is 0 Å². The van der Waals surface area contributed by atoms with Crippen molar-refractivity contribution in [1.82, 2.24) is 20.2 Å². The van der Waals surface area contributed by atoms with Crippen LogP contribution in [0.1, 0.15) is 51.2 Å². The van der Waals surface area contributed by atoms with Gasteiger partial charge in [0.05, 0.1) is 18.8 Å². The van der Waals surface area contributed by atoms with Crippen molar-refractivity contribution in [2.24, 2.45) is 5.92 Å². The first kappa shape index (κ1) is 17.0. The van der Waals surface area contributed by atoms with Crippen LogP contribution < -0.4 is 5.32 Å². The minimum atomic E-state index is -0.221. The number of rotatable bonds is 7. The Morgan fingerprint density at radius 3 is 2.95 bits per heavy atom. The molecule has 0 spiro atoms. The Bertz CT molecular complexity index is 486. The summed E-state index contributed by atoms with van der Waals surface area (Å²) in [4.78, 5) is 22.7. The number of hydrogen-bond acceptors (Lipinski definition) is 4. The maximum atomic E-state index is 12.9. The molecule has 22 heavy (non-hydrogen) atoms. The number of aromatic nitrogens is 2. The Morgan fingerprint density at radius 1 is 1.59 bits per heavy atom. The first-order valence-electron chi connectivity index (χ1n) is 8.15. The number of carbonyl (C=O) groups excluding carboxylic acids is 1. The van der Waals surface area contributed by atoms with Gasteiger partial charge < -0.3 is 14.6 Å². The predicted molar refractivity (Wildman–Crippen MR) is 85.3 cm³/mol. The van der Waals surface area contributed by atoms with E-state index in [0.29, 0.717) is 6.73 Å². The lowest BCUT2D eigenvalue weighted by Crippen LogP contribution is -2.49. The van der Waals surface area contributed by atoms with Crippen molar-refractivity contribution in [3.05, 3.63) is 17.7 Å². The van der Waals surface area contributed by atoms with Gasteiger partial charge >= 0.3 is 0 Å². The van der Waals surface area contributed by atoms with Gasteiger partial charge in [0.1, 0.15) is 5.82 Å². The molecule has 2 rings (SSSR count). The summed E-state index contributed by atoms with van der Waals surface area (Å²) >= 11 is 0. The molecule has 0 saturated carbocycles. The number of likely N-dealkylation sites (tertiary alicyclic amines) is 1. The maximum Gasteiger partial charge on any atom is 0.240 e. The molecule has 1 aromatic rings. The van der Waals surface area contributed by atoms with Crippen molar-refractivity contribution < 1.29 is 9.53 Å². The van der Waals surface area contributed by atoms with Crippen LogP contribution in [0.15, 0.2) is 6.20 Å². The predicted octanol–water partition coefficient (Wildman–Crippen LogP) is 1.85. The van der Waals surface area contributed by atoms with Gasteiger partial charge in [0.2, 0.25) is 5.91 Å². The van der Waals surface area contributed by atoms with Crippen LogP contribution in [0.4, 0.5) is 0 Å². The number of imidazole rings is 1. The highest BCUT2D eigenvalue weighted by atomic mass is 16.5. The third-order valence-corrected chi connectivity index (χ3v) is 4.26. The molecular formula is C16H28N4O2. The lowest BCUT2D eigenvalue weighted by Gasteiger charge is -2.30. The molecule has 124 valence electrons. The van der Waals surface area contributed by atoms with Gasteiger partial charge in [0, 0.05) is 25.5 Å². The van der Waals surface area contributed by atoms with Crippen LogP contribution in [0, 0.1) is 5.92 Å². The number of nitrogens with zero attached hydrogens (tertiary/aromatic N) is 2. The SMILES string of the molecule is CCc1cnc(C2CCCN2C(=O)C(NCOC)C(C)C)[nH]1. The number of hydrogen-bond donors (Lipinski definition) is 2. The molecule has 2 heterocycles. The van der Waals surface area contributed by atoms with Crippen LogP contribution in [-0.2, 0) is 16.0 Å². The van der Waals surface area contributed by atoms with E-state index in [1.165, 1.54) is 0 Å². The Kier molecular flexibility index (Phi) is 5.97. The van der Waals surface area contributed by atoms with Gasteiger partial charge in [-0.3, -0.25) is 10.1 Å². The lowest BCUT2D eigenvalue weighted by molar-refractivity contribution is -0.136. The summed E-state index contributed by atoms with van der Waals surface area (Å²) in [6.45, 7) is 7.38. The van der Waals surface area contributed by atoms with Crippen molar-refractivity contribution >= 4 is 5.91 Å². The van der Waals surface area contributed by atoms with Crippen LogP contribution in [0.25, 0.3) is 0 Å². The number of H-pyrrole nitrogens is 1. The molecule has 1 saturated heterocycles. The minimum absolute atomic E-state index is 0.0680. The highest BCUT2D eigenvalue weighted by molar-refractivity contribution is 5.82. The van der Waals surface area contributed by atoms with Gasteiger partial charge in [-0.15, -0.1) is 0 Å². The first-order valence-corrected chi connectivity index (χ1v) is 8.15. The molecule has 1 aromatic heterocycles. The average molecular weight is 308 g/mol. The Hall–Kier alpha value is -1.40. The number of aryl methyl sites for hydroxylation is 1. The lowest BCUT2D eigenvalue weighted by atomic mass is 10.0. The zero-order chi connectivity index (χ0) is 16.1. The Balaban J connectivity index is 2.12. The quantitative estimate of drug-likeness (QED) is 0.754. The summed E-state index contributed by atoms with van der Waals surface area (Å²) < 4.78 is 5.06. The summed E-state index contributed by atoms with van der Waals surface area (Å²) in [7, 11) is 1.63. The summed E-state index contributed by atoms with van der Waals surface area (Å²) in [5.74, 6) is 1.27. The molecular weight excluding hydrogens is 280 g/mol. The van der Waals surface area contributed by atoms with Crippen molar-refractivity contribution in [3.63, 3.8) is 0 Å². The third-order valence-electron chi connectivity index (χ3n) is 4.26. The van der Waals surface area contributed by atoms with E-state index in [1.807, 2.05) is 11.1 Å². The Morgan fingerprint density at radius 2 is 2.36 bits per heavy atom. The zero-order valence-corrected chi connectivity index (χ0v) is 14.1. The van der Waals surface area contributed by atoms with Crippen LogP contribution in [-0.4, -0.2) is 47.2 Å². The van der Waals surface area contributed by atoms with E-state index in [4.69, 9.17) is 4.74 Å². The van der Waals surface area contributed by atoms with Crippen LogP contribution >= 0.6 is 0 Å². The number of nitrogens with one attached hydrogen (secondary N) is 2. The van der Waals surface area contributed by atoms with E-state index < -0.39 is 0 Å². The van der Waals surface area contributed by atoms with Gasteiger partial charge in [0.25, 0.3) is 0 Å². The number of amides is 1. The summed E-state index contributed by atoms with van der Waals surface area (Å²) in [6, 6.07) is -0.153. The molecule has 0 aliphatic carbocycles. The second-order valence-electron chi connectivity index (χ2n) is 6.20. The molecule has 2 unspecified atom stereocenters. The normalized spacial score (nSPS) is 19.9. The van der Waals surface area contributed by atoms with Gasteiger partial charge in [-0.05, 0) is 25.2 Å². The number of aromatic amines is 1. The monoisotopic (exact) mass is 308 g/mol. The third kappa shape index (κ3) is 3.67. The van der Waals surface area contributed by atoms with Gasteiger partial charge in [-0.2, -0.15) is 0 Å². The topological polar surface area (TPSA) is 70.2 Å². The van der Waals surface area contributed by atoms with Crippen molar-refractivity contribution in [2.45, 2.75) is 52.1 Å². The van der Waals surface area contributed by atoms with Crippen molar-refractivity contribution in [1.29, 1.82) is 0 Å². The first-order chi connectivity index (χ1) is 10.6. The summed E-state index contributed by atoms with van der Waals surface area (Å²) in [5, 5.41) is 3.19. The maximum absolute atomic E-state index is 12.9. The Labute approximate surface area is 132 Å². The van der Waals surface area contributed by atoms with E-state index in [1.54, 1.807) is 7.11 Å². The highest BCUT2D eigenvalue weighted by Crippen LogP contribution is 2.31. The van der Waals surface area contributed by atoms with E-state index >= 15 is 0 Å². The molecule has 2 N–H and O–H groups in total. The summed E-state index contributed by atoms with van der Waals surface area (Å²) in [5.41, 5.74) is 1.12. The van der Waals surface area contributed by atoms with Gasteiger partial charge in [0.15, 0.2) is 0 Å². The number of ether oxygens (including phenoxy) is 1. The van der Waals surface area contributed by atoms with Crippen molar-refractivity contribution in [2.75, 3.05) is 20.4 Å². The molecule has 0 aromatic carbocycles.